The van der Waals surface area contributed by atoms with Crippen molar-refractivity contribution in [2.24, 2.45) is 10.9 Å². The van der Waals surface area contributed by atoms with E-state index in [1.54, 1.807) is 7.05 Å². The number of hydrogen-bond acceptors (Lipinski definition) is 5. The molecule has 2 aliphatic rings. The third kappa shape index (κ3) is 5.31. The van der Waals surface area contributed by atoms with Crippen LogP contribution in [0, 0.1) is 5.92 Å². The summed E-state index contributed by atoms with van der Waals surface area (Å²) in [5.41, 5.74) is 0. The van der Waals surface area contributed by atoms with E-state index in [1.165, 1.54) is 17.8 Å². The molecule has 2 N–H and O–H groups in total. The number of thiophene rings is 1. The van der Waals surface area contributed by atoms with E-state index in [9.17, 15) is 5.11 Å². The molecule has 25 heavy (non-hydrogen) atoms. The molecule has 0 radical (unpaired) electrons. The highest BCUT2D eigenvalue weighted by atomic mass is 35.5. The number of morpholine rings is 1. The van der Waals surface area contributed by atoms with Crippen LogP contribution in [-0.4, -0.2) is 80.4 Å². The zero-order valence-electron chi connectivity index (χ0n) is 14.7. The lowest BCUT2D eigenvalue weighted by Gasteiger charge is -2.29. The third-order valence-electron chi connectivity index (χ3n) is 4.79. The van der Waals surface area contributed by atoms with Gasteiger partial charge in [-0.3, -0.25) is 9.89 Å². The average molecular weight is 387 g/mol. The third-order valence-corrected chi connectivity index (χ3v) is 6.13. The zero-order chi connectivity index (χ0) is 17.6. The fourth-order valence-electron chi connectivity index (χ4n) is 3.45. The first-order valence-electron chi connectivity index (χ1n) is 8.84. The highest BCUT2D eigenvalue weighted by Crippen LogP contribution is 2.26. The standard InChI is InChI=1S/C17H27ClN4O2S/c1-19-17(20-10-14(23)15-2-3-16(18)25-15)22-5-4-13(12-22)11-21-6-8-24-9-7-21/h2-3,13-14,23H,4-12H2,1H3,(H,19,20). The van der Waals surface area contributed by atoms with E-state index in [2.05, 4.69) is 20.1 Å². The van der Waals surface area contributed by atoms with Gasteiger partial charge in [-0.1, -0.05) is 11.6 Å². The molecule has 3 heterocycles. The molecule has 0 aliphatic carbocycles. The number of likely N-dealkylation sites (tertiary alicyclic amines) is 1. The van der Waals surface area contributed by atoms with Gasteiger partial charge in [-0.15, -0.1) is 11.3 Å². The van der Waals surface area contributed by atoms with Gasteiger partial charge in [0.15, 0.2) is 5.96 Å². The summed E-state index contributed by atoms with van der Waals surface area (Å²) in [5.74, 6) is 1.53. The van der Waals surface area contributed by atoms with Gasteiger partial charge in [-0.25, -0.2) is 0 Å². The number of halogens is 1. The normalized spacial score (nSPS) is 23.9. The molecule has 6 nitrogen and oxygen atoms in total. The number of aliphatic hydroxyl groups excluding tert-OH is 1. The summed E-state index contributed by atoms with van der Waals surface area (Å²) < 4.78 is 6.12. The Morgan fingerprint density at radius 3 is 2.92 bits per heavy atom. The second kappa shape index (κ2) is 9.19. The molecule has 0 amide bonds. The van der Waals surface area contributed by atoms with E-state index >= 15 is 0 Å². The zero-order valence-corrected chi connectivity index (χ0v) is 16.2. The molecule has 2 unspecified atom stereocenters. The summed E-state index contributed by atoms with van der Waals surface area (Å²) in [6.45, 7) is 7.38. The van der Waals surface area contributed by atoms with E-state index < -0.39 is 6.10 Å². The Morgan fingerprint density at radius 1 is 1.44 bits per heavy atom. The van der Waals surface area contributed by atoms with Gasteiger partial charge in [0, 0.05) is 51.2 Å². The Morgan fingerprint density at radius 2 is 2.24 bits per heavy atom. The molecular weight excluding hydrogens is 360 g/mol. The lowest BCUT2D eigenvalue weighted by Crippen LogP contribution is -2.43. The molecule has 2 aliphatic heterocycles. The van der Waals surface area contributed by atoms with Gasteiger partial charge in [-0.05, 0) is 24.5 Å². The molecule has 1 aromatic heterocycles. The van der Waals surface area contributed by atoms with E-state index in [0.717, 1.165) is 56.8 Å². The van der Waals surface area contributed by atoms with Crippen molar-refractivity contribution in [3.05, 3.63) is 21.3 Å². The Labute approximate surface area is 158 Å². The van der Waals surface area contributed by atoms with Crippen molar-refractivity contribution in [3.8, 4) is 0 Å². The highest BCUT2D eigenvalue weighted by molar-refractivity contribution is 7.16. The SMILES string of the molecule is CN=C(NCC(O)c1ccc(Cl)s1)N1CCC(CN2CCOCC2)C1. The van der Waals surface area contributed by atoms with Crippen molar-refractivity contribution >= 4 is 28.9 Å². The molecule has 2 saturated heterocycles. The molecule has 140 valence electrons. The van der Waals surface area contributed by atoms with Crippen LogP contribution in [-0.2, 0) is 4.74 Å². The predicted octanol–water partition coefficient (Wildman–Crippen LogP) is 1.66. The first-order chi connectivity index (χ1) is 12.2. The van der Waals surface area contributed by atoms with Crippen molar-refractivity contribution in [1.82, 2.24) is 15.1 Å². The van der Waals surface area contributed by atoms with Gasteiger partial charge in [0.1, 0.15) is 6.10 Å². The van der Waals surface area contributed by atoms with Crippen molar-refractivity contribution in [3.63, 3.8) is 0 Å². The van der Waals surface area contributed by atoms with E-state index in [4.69, 9.17) is 16.3 Å². The number of nitrogens with zero attached hydrogens (tertiary/aromatic N) is 3. The molecular formula is C17H27ClN4O2S. The topological polar surface area (TPSA) is 60.3 Å². The van der Waals surface area contributed by atoms with Crippen molar-refractivity contribution < 1.29 is 9.84 Å². The molecule has 2 fully saturated rings. The van der Waals surface area contributed by atoms with Crippen LogP contribution in [0.2, 0.25) is 4.34 Å². The number of rotatable bonds is 5. The minimum absolute atomic E-state index is 0.439. The van der Waals surface area contributed by atoms with Crippen LogP contribution in [0.25, 0.3) is 0 Å². The number of hydrogen-bond donors (Lipinski definition) is 2. The number of ether oxygens (including phenoxy) is 1. The predicted molar refractivity (Wildman–Crippen MR) is 103 cm³/mol. The van der Waals surface area contributed by atoms with Crippen LogP contribution < -0.4 is 5.32 Å². The molecule has 0 spiro atoms. The minimum Gasteiger partial charge on any atom is -0.386 e. The second-order valence-corrected chi connectivity index (χ2v) is 8.35. The number of aliphatic hydroxyl groups is 1. The Kier molecular flexibility index (Phi) is 6.95. The van der Waals surface area contributed by atoms with Gasteiger partial charge in [0.25, 0.3) is 0 Å². The second-order valence-electron chi connectivity index (χ2n) is 6.60. The monoisotopic (exact) mass is 386 g/mol. The van der Waals surface area contributed by atoms with E-state index in [1.807, 2.05) is 12.1 Å². The molecule has 0 saturated carbocycles. The van der Waals surface area contributed by atoms with Crippen molar-refractivity contribution in [1.29, 1.82) is 0 Å². The largest absolute Gasteiger partial charge is 0.386 e. The molecule has 0 aromatic carbocycles. The lowest BCUT2D eigenvalue weighted by molar-refractivity contribution is 0.0315. The van der Waals surface area contributed by atoms with E-state index in [0.29, 0.717) is 16.8 Å². The van der Waals surface area contributed by atoms with Gasteiger partial charge in [0.2, 0.25) is 0 Å². The summed E-state index contributed by atoms with van der Waals surface area (Å²) >= 11 is 7.35. The van der Waals surface area contributed by atoms with Crippen molar-refractivity contribution in [2.75, 3.05) is 59.5 Å². The highest BCUT2D eigenvalue weighted by Gasteiger charge is 2.27. The van der Waals surface area contributed by atoms with Crippen LogP contribution in [0.15, 0.2) is 17.1 Å². The smallest absolute Gasteiger partial charge is 0.193 e. The molecule has 0 bridgehead atoms. The maximum atomic E-state index is 10.3. The number of guanidine groups is 1. The molecule has 3 rings (SSSR count). The first kappa shape index (κ1) is 18.9. The molecule has 8 heteroatoms. The van der Waals surface area contributed by atoms with Gasteiger partial charge in [0.05, 0.1) is 17.6 Å². The first-order valence-corrected chi connectivity index (χ1v) is 10.0. The van der Waals surface area contributed by atoms with Crippen LogP contribution in [0.1, 0.15) is 17.4 Å². The summed E-state index contributed by atoms with van der Waals surface area (Å²) in [4.78, 5) is 10.0. The van der Waals surface area contributed by atoms with Gasteiger partial charge >= 0.3 is 0 Å². The van der Waals surface area contributed by atoms with Crippen molar-refractivity contribution in [2.45, 2.75) is 12.5 Å². The summed E-state index contributed by atoms with van der Waals surface area (Å²) in [7, 11) is 1.80. The van der Waals surface area contributed by atoms with Crippen LogP contribution in [0.4, 0.5) is 0 Å². The van der Waals surface area contributed by atoms with Gasteiger partial charge < -0.3 is 20.1 Å². The minimum atomic E-state index is -0.569. The average Bonchev–Trinajstić information content (AvgIpc) is 3.26. The Hall–Kier alpha value is -0.860. The summed E-state index contributed by atoms with van der Waals surface area (Å²) in [6.07, 6.45) is 0.613. The number of nitrogens with one attached hydrogen (secondary N) is 1. The Balaban J connectivity index is 1.45. The maximum absolute atomic E-state index is 10.3. The van der Waals surface area contributed by atoms with Crippen LogP contribution >= 0.6 is 22.9 Å². The van der Waals surface area contributed by atoms with Crippen LogP contribution in [0.5, 0.6) is 0 Å². The summed E-state index contributed by atoms with van der Waals surface area (Å²) in [5, 5.41) is 13.6. The molecule has 1 aromatic rings. The Bertz CT molecular complexity index is 577. The fourth-order valence-corrected chi connectivity index (χ4v) is 4.50. The quantitative estimate of drug-likeness (QED) is 0.595. The van der Waals surface area contributed by atoms with E-state index in [-0.39, 0.29) is 0 Å². The fraction of sp³-hybridized carbons (Fsp3) is 0.706. The van der Waals surface area contributed by atoms with Gasteiger partial charge in [-0.2, -0.15) is 0 Å². The molecule has 2 atom stereocenters. The van der Waals surface area contributed by atoms with Crippen LogP contribution in [0.3, 0.4) is 0 Å². The lowest BCUT2D eigenvalue weighted by atomic mass is 10.1. The summed E-state index contributed by atoms with van der Waals surface area (Å²) in [6, 6.07) is 3.69. The maximum Gasteiger partial charge on any atom is 0.193 e. The number of aliphatic imine (C=N–C) groups is 1.